The minimum absolute atomic E-state index is 0.133. The van der Waals surface area contributed by atoms with E-state index in [9.17, 15) is 4.79 Å². The third-order valence-electron chi connectivity index (χ3n) is 4.17. The van der Waals surface area contributed by atoms with Crippen LogP contribution in [0.15, 0.2) is 16.5 Å². The molecule has 1 heterocycles. The molecule has 0 spiro atoms. The zero-order valence-corrected chi connectivity index (χ0v) is 13.4. The monoisotopic (exact) mass is 293 g/mol. The fourth-order valence-corrected chi connectivity index (χ4v) is 2.59. The highest BCUT2D eigenvalue weighted by atomic mass is 16.3. The summed E-state index contributed by atoms with van der Waals surface area (Å²) < 4.78 is 5.60. The van der Waals surface area contributed by atoms with Gasteiger partial charge in [-0.15, -0.1) is 0 Å². The predicted molar refractivity (Wildman–Crippen MR) is 82.8 cm³/mol. The van der Waals surface area contributed by atoms with Gasteiger partial charge in [-0.05, 0) is 52.4 Å². The highest BCUT2D eigenvalue weighted by Crippen LogP contribution is 2.32. The van der Waals surface area contributed by atoms with Crippen LogP contribution in [0, 0.1) is 6.92 Å². The largest absolute Gasteiger partial charge is 0.464 e. The Morgan fingerprint density at radius 3 is 2.52 bits per heavy atom. The van der Waals surface area contributed by atoms with Gasteiger partial charge in [-0.1, -0.05) is 0 Å². The quantitative estimate of drug-likeness (QED) is 0.832. The predicted octanol–water partition coefficient (Wildman–Crippen LogP) is 1.75. The molecule has 2 N–H and O–H groups in total. The molecular weight excluding hydrogens is 266 g/mol. The Labute approximate surface area is 127 Å². The number of carbonyl (C=O) groups is 1. The zero-order chi connectivity index (χ0) is 15.5. The van der Waals surface area contributed by atoms with Crippen molar-refractivity contribution >= 4 is 5.91 Å². The van der Waals surface area contributed by atoms with E-state index in [1.807, 2.05) is 38.1 Å². The number of nitrogens with two attached hydrogens (primary N) is 1. The number of nitrogens with zero attached hydrogens (tertiary/aromatic N) is 2. The topological polar surface area (TPSA) is 62.7 Å². The molecule has 1 saturated carbocycles. The van der Waals surface area contributed by atoms with Gasteiger partial charge in [0.15, 0.2) is 0 Å². The summed E-state index contributed by atoms with van der Waals surface area (Å²) in [7, 11) is 4.02. The molecule has 1 fully saturated rings. The van der Waals surface area contributed by atoms with Crippen molar-refractivity contribution in [3.8, 4) is 0 Å². The van der Waals surface area contributed by atoms with E-state index < -0.39 is 0 Å². The third-order valence-corrected chi connectivity index (χ3v) is 4.17. The highest BCUT2D eigenvalue weighted by Gasteiger charge is 2.36. The van der Waals surface area contributed by atoms with Crippen molar-refractivity contribution in [2.24, 2.45) is 5.73 Å². The van der Waals surface area contributed by atoms with Crippen LogP contribution in [0.3, 0.4) is 0 Å². The van der Waals surface area contributed by atoms with Gasteiger partial charge in [-0.2, -0.15) is 0 Å². The first kappa shape index (κ1) is 16.0. The summed E-state index contributed by atoms with van der Waals surface area (Å²) in [6.45, 7) is 3.97. The lowest BCUT2D eigenvalue weighted by molar-refractivity contribution is -0.134. The fraction of sp³-hybridized carbons (Fsp3) is 0.688. The molecule has 1 amide bonds. The van der Waals surface area contributed by atoms with Crippen LogP contribution >= 0.6 is 0 Å². The molecule has 0 atom stereocenters. The van der Waals surface area contributed by atoms with Crippen LogP contribution in [-0.4, -0.2) is 48.4 Å². The van der Waals surface area contributed by atoms with E-state index in [1.54, 1.807) is 0 Å². The number of aryl methyl sites for hydroxylation is 1. The molecule has 0 aliphatic heterocycles. The Kier molecular flexibility index (Phi) is 5.06. The molecule has 1 aliphatic rings. The van der Waals surface area contributed by atoms with E-state index in [0.717, 1.165) is 37.3 Å². The molecule has 5 nitrogen and oxygen atoms in total. The standard InChI is InChI=1S/C16H27N3O2/c1-13-5-6-14(21-13)12-19(10-9-18(2)3)15(20)11-16(17)7-4-8-16/h5-6H,4,7-12,17H2,1-3H3. The second-order valence-electron chi connectivity index (χ2n) is 6.52. The van der Waals surface area contributed by atoms with Gasteiger partial charge in [0.2, 0.25) is 5.91 Å². The molecule has 0 radical (unpaired) electrons. The molecule has 2 rings (SSSR count). The van der Waals surface area contributed by atoms with E-state index in [4.69, 9.17) is 10.2 Å². The SMILES string of the molecule is Cc1ccc(CN(CCN(C)C)C(=O)CC2(N)CCC2)o1. The van der Waals surface area contributed by atoms with E-state index in [-0.39, 0.29) is 11.4 Å². The number of hydrogen-bond acceptors (Lipinski definition) is 4. The van der Waals surface area contributed by atoms with Crippen LogP contribution in [0.5, 0.6) is 0 Å². The Bertz CT molecular complexity index is 478. The van der Waals surface area contributed by atoms with E-state index >= 15 is 0 Å². The maximum Gasteiger partial charge on any atom is 0.224 e. The Balaban J connectivity index is 1.98. The second-order valence-corrected chi connectivity index (χ2v) is 6.52. The van der Waals surface area contributed by atoms with Gasteiger partial charge in [0.1, 0.15) is 11.5 Å². The van der Waals surface area contributed by atoms with Crippen molar-refractivity contribution in [2.75, 3.05) is 27.2 Å². The van der Waals surface area contributed by atoms with Gasteiger partial charge in [0, 0.05) is 25.0 Å². The molecule has 0 unspecified atom stereocenters. The highest BCUT2D eigenvalue weighted by molar-refractivity contribution is 5.77. The smallest absolute Gasteiger partial charge is 0.224 e. The van der Waals surface area contributed by atoms with Crippen molar-refractivity contribution in [3.05, 3.63) is 23.7 Å². The van der Waals surface area contributed by atoms with Gasteiger partial charge in [0.05, 0.1) is 6.54 Å². The average Bonchev–Trinajstić information content (AvgIpc) is 2.77. The number of hydrogen-bond donors (Lipinski definition) is 1. The van der Waals surface area contributed by atoms with Crippen LogP contribution in [0.4, 0.5) is 0 Å². The van der Waals surface area contributed by atoms with Gasteiger partial charge < -0.3 is 20.0 Å². The summed E-state index contributed by atoms with van der Waals surface area (Å²) in [5.41, 5.74) is 5.94. The van der Waals surface area contributed by atoms with Gasteiger partial charge in [-0.25, -0.2) is 0 Å². The maximum absolute atomic E-state index is 12.6. The molecule has 0 bridgehead atoms. The summed E-state index contributed by atoms with van der Waals surface area (Å²) in [5, 5.41) is 0. The average molecular weight is 293 g/mol. The summed E-state index contributed by atoms with van der Waals surface area (Å²) in [6.07, 6.45) is 3.50. The lowest BCUT2D eigenvalue weighted by Crippen LogP contribution is -2.51. The molecule has 1 aliphatic carbocycles. The van der Waals surface area contributed by atoms with Gasteiger partial charge in [0.25, 0.3) is 0 Å². The van der Waals surface area contributed by atoms with Crippen molar-refractivity contribution in [2.45, 2.75) is 44.7 Å². The van der Waals surface area contributed by atoms with E-state index in [1.165, 1.54) is 0 Å². The minimum Gasteiger partial charge on any atom is -0.464 e. The normalized spacial score (nSPS) is 16.8. The molecule has 0 aromatic carbocycles. The second kappa shape index (κ2) is 6.62. The summed E-state index contributed by atoms with van der Waals surface area (Å²) in [6, 6.07) is 3.87. The van der Waals surface area contributed by atoms with Gasteiger partial charge >= 0.3 is 0 Å². The first-order chi connectivity index (χ1) is 9.88. The molecule has 1 aromatic rings. The maximum atomic E-state index is 12.6. The number of carbonyl (C=O) groups excluding carboxylic acids is 1. The lowest BCUT2D eigenvalue weighted by atomic mass is 9.75. The molecule has 0 saturated heterocycles. The van der Waals surface area contributed by atoms with Crippen molar-refractivity contribution < 1.29 is 9.21 Å². The third kappa shape index (κ3) is 4.58. The van der Waals surface area contributed by atoms with Gasteiger partial charge in [-0.3, -0.25) is 4.79 Å². The minimum atomic E-state index is -0.271. The Morgan fingerprint density at radius 2 is 2.05 bits per heavy atom. The van der Waals surface area contributed by atoms with Crippen LogP contribution < -0.4 is 5.73 Å². The molecule has 118 valence electrons. The first-order valence-electron chi connectivity index (χ1n) is 7.65. The summed E-state index contributed by atoms with van der Waals surface area (Å²) >= 11 is 0. The molecule has 5 heteroatoms. The van der Waals surface area contributed by atoms with Crippen LogP contribution in [0.1, 0.15) is 37.2 Å². The van der Waals surface area contributed by atoms with Crippen LogP contribution in [-0.2, 0) is 11.3 Å². The number of furan rings is 1. The molecule has 1 aromatic heterocycles. The zero-order valence-electron chi connectivity index (χ0n) is 13.4. The number of rotatable bonds is 7. The van der Waals surface area contributed by atoms with E-state index in [0.29, 0.717) is 19.5 Å². The number of likely N-dealkylation sites (N-methyl/N-ethyl adjacent to an activating group) is 1. The van der Waals surface area contributed by atoms with Crippen molar-refractivity contribution in [1.82, 2.24) is 9.80 Å². The summed E-state index contributed by atoms with van der Waals surface area (Å²) in [5.74, 6) is 1.84. The fourth-order valence-electron chi connectivity index (χ4n) is 2.59. The Morgan fingerprint density at radius 1 is 1.33 bits per heavy atom. The van der Waals surface area contributed by atoms with Crippen molar-refractivity contribution in [1.29, 1.82) is 0 Å². The Hall–Kier alpha value is -1.33. The van der Waals surface area contributed by atoms with Crippen LogP contribution in [0.25, 0.3) is 0 Å². The molecule has 21 heavy (non-hydrogen) atoms. The number of amides is 1. The molecular formula is C16H27N3O2. The van der Waals surface area contributed by atoms with Crippen LogP contribution in [0.2, 0.25) is 0 Å². The van der Waals surface area contributed by atoms with Crippen molar-refractivity contribution in [3.63, 3.8) is 0 Å². The van der Waals surface area contributed by atoms with E-state index in [2.05, 4.69) is 4.90 Å². The summed E-state index contributed by atoms with van der Waals surface area (Å²) in [4.78, 5) is 16.5. The lowest BCUT2D eigenvalue weighted by Gasteiger charge is -2.39. The first-order valence-corrected chi connectivity index (χ1v) is 7.65.